The molecule has 0 unspecified atom stereocenters. The van der Waals surface area contributed by atoms with Crippen molar-refractivity contribution in [2.75, 3.05) is 19.0 Å². The number of nitrogens with one attached hydrogen (secondary N) is 1. The van der Waals surface area contributed by atoms with Crippen LogP contribution in [0.1, 0.15) is 16.8 Å². The third kappa shape index (κ3) is 4.27. The fourth-order valence-electron chi connectivity index (χ4n) is 1.53. The van der Waals surface area contributed by atoms with Gasteiger partial charge in [-0.25, -0.2) is 4.79 Å². The summed E-state index contributed by atoms with van der Waals surface area (Å²) in [6.45, 7) is 0. The Kier molecular flexibility index (Phi) is 5.08. The van der Waals surface area contributed by atoms with E-state index in [1.165, 1.54) is 0 Å². The number of carboxylic acid groups (broad SMARTS) is 2. The highest BCUT2D eigenvalue weighted by atomic mass is 16.4. The maximum Gasteiger partial charge on any atom is 0.326 e. The third-order valence-electron chi connectivity index (χ3n) is 2.63. The van der Waals surface area contributed by atoms with Crippen molar-refractivity contribution in [3.05, 3.63) is 29.8 Å². The standard InChI is InChI=1S/C13H16N2O5/c1-15(2)9-5-3-8(4-6-9)12(18)14-10(13(19)20)7-11(16)17/h3-6,10H,7H2,1-2H3,(H,14,18)(H,16,17)(H,19,20)/t10-/m0/s1. The molecule has 0 bridgehead atoms. The lowest BCUT2D eigenvalue weighted by Crippen LogP contribution is -2.42. The number of amides is 1. The Morgan fingerprint density at radius 3 is 2.10 bits per heavy atom. The van der Waals surface area contributed by atoms with E-state index in [9.17, 15) is 14.4 Å². The van der Waals surface area contributed by atoms with Crippen LogP contribution < -0.4 is 10.2 Å². The lowest BCUT2D eigenvalue weighted by Gasteiger charge is -2.14. The van der Waals surface area contributed by atoms with Crippen molar-refractivity contribution in [3.8, 4) is 0 Å². The summed E-state index contributed by atoms with van der Waals surface area (Å²) in [6.07, 6.45) is -0.670. The molecule has 1 rings (SSSR count). The van der Waals surface area contributed by atoms with Gasteiger partial charge in [-0.3, -0.25) is 9.59 Å². The van der Waals surface area contributed by atoms with Crippen LogP contribution in [-0.2, 0) is 9.59 Å². The van der Waals surface area contributed by atoms with Crippen molar-refractivity contribution in [1.82, 2.24) is 5.32 Å². The fraction of sp³-hybridized carbons (Fsp3) is 0.308. The molecule has 1 aromatic carbocycles. The van der Waals surface area contributed by atoms with Crippen LogP contribution in [0.3, 0.4) is 0 Å². The van der Waals surface area contributed by atoms with E-state index in [2.05, 4.69) is 5.32 Å². The molecule has 1 amide bonds. The quantitative estimate of drug-likeness (QED) is 0.696. The smallest absolute Gasteiger partial charge is 0.326 e. The minimum absolute atomic E-state index is 0.271. The van der Waals surface area contributed by atoms with Gasteiger partial charge in [-0.05, 0) is 24.3 Å². The molecular formula is C13H16N2O5. The van der Waals surface area contributed by atoms with Gasteiger partial charge in [0.1, 0.15) is 6.04 Å². The number of aliphatic carboxylic acids is 2. The number of carboxylic acids is 2. The van der Waals surface area contributed by atoms with E-state index < -0.39 is 30.3 Å². The van der Waals surface area contributed by atoms with Crippen LogP contribution in [0.15, 0.2) is 24.3 Å². The molecule has 7 heteroatoms. The SMILES string of the molecule is CN(C)c1ccc(C(=O)N[C@@H](CC(=O)O)C(=O)O)cc1. The summed E-state index contributed by atoms with van der Waals surface area (Å²) in [7, 11) is 3.70. The highest BCUT2D eigenvalue weighted by Gasteiger charge is 2.23. The molecule has 0 aromatic heterocycles. The molecular weight excluding hydrogens is 264 g/mol. The number of nitrogens with zero attached hydrogens (tertiary/aromatic N) is 1. The Bertz CT molecular complexity index is 510. The molecule has 7 nitrogen and oxygen atoms in total. The number of carbonyl (C=O) groups is 3. The summed E-state index contributed by atoms with van der Waals surface area (Å²) in [4.78, 5) is 35.1. The Balaban J connectivity index is 2.78. The molecule has 3 N–H and O–H groups in total. The number of hydrogen-bond donors (Lipinski definition) is 3. The predicted molar refractivity (Wildman–Crippen MR) is 71.9 cm³/mol. The molecule has 0 radical (unpaired) electrons. The molecule has 0 spiro atoms. The third-order valence-corrected chi connectivity index (χ3v) is 2.63. The van der Waals surface area contributed by atoms with Crippen LogP contribution >= 0.6 is 0 Å². The topological polar surface area (TPSA) is 107 Å². The average molecular weight is 280 g/mol. The molecule has 0 saturated heterocycles. The monoisotopic (exact) mass is 280 g/mol. The molecule has 0 saturated carbocycles. The van der Waals surface area contributed by atoms with Crippen molar-refractivity contribution >= 4 is 23.5 Å². The first-order chi connectivity index (χ1) is 9.31. The van der Waals surface area contributed by atoms with Crippen molar-refractivity contribution in [1.29, 1.82) is 0 Å². The first kappa shape index (κ1) is 15.5. The van der Waals surface area contributed by atoms with Crippen LogP contribution in [0, 0.1) is 0 Å². The summed E-state index contributed by atoms with van der Waals surface area (Å²) >= 11 is 0. The summed E-state index contributed by atoms with van der Waals surface area (Å²) < 4.78 is 0. The van der Waals surface area contributed by atoms with E-state index in [1.54, 1.807) is 24.3 Å². The molecule has 0 aliphatic rings. The van der Waals surface area contributed by atoms with Crippen molar-refractivity contribution < 1.29 is 24.6 Å². The van der Waals surface area contributed by atoms with E-state index in [0.29, 0.717) is 0 Å². The second-order valence-corrected chi connectivity index (χ2v) is 4.40. The van der Waals surface area contributed by atoms with Gasteiger partial charge in [-0.15, -0.1) is 0 Å². The van der Waals surface area contributed by atoms with Gasteiger partial charge in [0.25, 0.3) is 5.91 Å². The van der Waals surface area contributed by atoms with E-state index in [0.717, 1.165) is 5.69 Å². The molecule has 1 atom stereocenters. The molecule has 108 valence electrons. The summed E-state index contributed by atoms with van der Waals surface area (Å²) in [5.41, 5.74) is 1.16. The summed E-state index contributed by atoms with van der Waals surface area (Å²) in [6, 6.07) is 5.06. The van der Waals surface area contributed by atoms with E-state index in [1.807, 2.05) is 19.0 Å². The molecule has 0 aliphatic heterocycles. The van der Waals surface area contributed by atoms with Gasteiger partial charge in [0.15, 0.2) is 0 Å². The molecule has 20 heavy (non-hydrogen) atoms. The van der Waals surface area contributed by atoms with Crippen molar-refractivity contribution in [2.24, 2.45) is 0 Å². The zero-order valence-corrected chi connectivity index (χ0v) is 11.2. The summed E-state index contributed by atoms with van der Waals surface area (Å²) in [5, 5.41) is 19.6. The fourth-order valence-corrected chi connectivity index (χ4v) is 1.53. The van der Waals surface area contributed by atoms with Gasteiger partial charge in [0, 0.05) is 25.3 Å². The highest BCUT2D eigenvalue weighted by Crippen LogP contribution is 2.12. The first-order valence-electron chi connectivity index (χ1n) is 5.84. The lowest BCUT2D eigenvalue weighted by atomic mass is 10.1. The van der Waals surface area contributed by atoms with E-state index >= 15 is 0 Å². The highest BCUT2D eigenvalue weighted by molar-refractivity contribution is 5.97. The number of carbonyl (C=O) groups excluding carboxylic acids is 1. The predicted octanol–water partition coefficient (Wildman–Crippen LogP) is 0.410. The second-order valence-electron chi connectivity index (χ2n) is 4.40. The van der Waals surface area contributed by atoms with Gasteiger partial charge in [-0.1, -0.05) is 0 Å². The van der Waals surface area contributed by atoms with Crippen LogP contribution in [0.25, 0.3) is 0 Å². The lowest BCUT2D eigenvalue weighted by molar-refractivity contribution is -0.145. The van der Waals surface area contributed by atoms with Crippen LogP contribution in [-0.4, -0.2) is 48.2 Å². The number of hydrogen-bond acceptors (Lipinski definition) is 4. The van der Waals surface area contributed by atoms with Gasteiger partial charge in [0.2, 0.25) is 0 Å². The number of rotatable bonds is 6. The van der Waals surface area contributed by atoms with Gasteiger partial charge >= 0.3 is 11.9 Å². The molecule has 0 fully saturated rings. The normalized spacial score (nSPS) is 11.5. The summed E-state index contributed by atoms with van der Waals surface area (Å²) in [5.74, 6) is -3.30. The van der Waals surface area contributed by atoms with Crippen LogP contribution in [0.5, 0.6) is 0 Å². The van der Waals surface area contributed by atoms with Crippen molar-refractivity contribution in [2.45, 2.75) is 12.5 Å². The average Bonchev–Trinajstić information content (AvgIpc) is 2.37. The van der Waals surface area contributed by atoms with Crippen molar-refractivity contribution in [3.63, 3.8) is 0 Å². The second kappa shape index (κ2) is 6.55. The number of anilines is 1. The minimum atomic E-state index is -1.45. The minimum Gasteiger partial charge on any atom is -0.481 e. The Labute approximate surface area is 115 Å². The zero-order valence-electron chi connectivity index (χ0n) is 11.2. The molecule has 1 aromatic rings. The Morgan fingerprint density at radius 1 is 1.15 bits per heavy atom. The number of benzene rings is 1. The largest absolute Gasteiger partial charge is 0.481 e. The first-order valence-corrected chi connectivity index (χ1v) is 5.84. The van der Waals surface area contributed by atoms with Gasteiger partial charge in [-0.2, -0.15) is 0 Å². The Morgan fingerprint density at radius 2 is 1.70 bits per heavy atom. The van der Waals surface area contributed by atoms with Crippen LogP contribution in [0.2, 0.25) is 0 Å². The zero-order chi connectivity index (χ0) is 15.3. The van der Waals surface area contributed by atoms with E-state index in [-0.39, 0.29) is 5.56 Å². The molecule has 0 aliphatic carbocycles. The Hall–Kier alpha value is -2.57. The maximum atomic E-state index is 11.8. The van der Waals surface area contributed by atoms with Crippen LogP contribution in [0.4, 0.5) is 5.69 Å². The molecule has 0 heterocycles. The van der Waals surface area contributed by atoms with E-state index in [4.69, 9.17) is 10.2 Å². The van der Waals surface area contributed by atoms with Gasteiger partial charge < -0.3 is 20.4 Å². The van der Waals surface area contributed by atoms with Gasteiger partial charge in [0.05, 0.1) is 6.42 Å². The maximum absolute atomic E-state index is 11.8.